The fraction of sp³-hybridized carbons (Fsp3) is 1.00. The molecule has 78 valence electrons. The van der Waals surface area contributed by atoms with E-state index in [4.69, 9.17) is 10.5 Å². The molecule has 1 saturated carbocycles. The zero-order valence-corrected chi connectivity index (χ0v) is 8.81. The van der Waals surface area contributed by atoms with Gasteiger partial charge in [-0.3, -0.25) is 0 Å². The number of nitrogens with two attached hydrogens (primary N) is 1. The third-order valence-electron chi connectivity index (χ3n) is 3.12. The van der Waals surface area contributed by atoms with E-state index in [1.165, 1.54) is 19.3 Å². The first-order valence-electron chi connectivity index (χ1n) is 5.21. The van der Waals surface area contributed by atoms with Crippen molar-refractivity contribution in [1.29, 1.82) is 0 Å². The highest BCUT2D eigenvalue weighted by molar-refractivity contribution is 4.89. The van der Waals surface area contributed by atoms with E-state index in [1.807, 2.05) is 7.11 Å². The van der Waals surface area contributed by atoms with Gasteiger partial charge in [0.25, 0.3) is 0 Å². The minimum absolute atomic E-state index is 0.196. The summed E-state index contributed by atoms with van der Waals surface area (Å²) in [5.74, 6) is 0. The first kappa shape index (κ1) is 11.0. The molecule has 3 N–H and O–H groups in total. The molecular weight excluding hydrogens is 164 g/mol. The number of methoxy groups -OCH3 is 1. The van der Waals surface area contributed by atoms with Crippen molar-refractivity contribution < 1.29 is 4.74 Å². The highest BCUT2D eigenvalue weighted by Crippen LogP contribution is 2.37. The van der Waals surface area contributed by atoms with E-state index in [0.29, 0.717) is 12.6 Å². The second-order valence-corrected chi connectivity index (χ2v) is 4.08. The van der Waals surface area contributed by atoms with Crippen LogP contribution in [0.25, 0.3) is 0 Å². The van der Waals surface area contributed by atoms with Crippen molar-refractivity contribution in [2.24, 2.45) is 5.73 Å². The predicted molar refractivity (Wildman–Crippen MR) is 54.7 cm³/mol. The summed E-state index contributed by atoms with van der Waals surface area (Å²) in [7, 11) is 1.82. The van der Waals surface area contributed by atoms with Crippen LogP contribution in [0.5, 0.6) is 0 Å². The molecule has 1 rings (SSSR count). The van der Waals surface area contributed by atoms with Crippen molar-refractivity contribution in [2.45, 2.75) is 44.2 Å². The molecule has 0 saturated heterocycles. The van der Waals surface area contributed by atoms with Gasteiger partial charge >= 0.3 is 0 Å². The van der Waals surface area contributed by atoms with Gasteiger partial charge < -0.3 is 15.8 Å². The summed E-state index contributed by atoms with van der Waals surface area (Å²) in [6.45, 7) is 3.84. The maximum atomic E-state index is 5.52. The third-order valence-corrected chi connectivity index (χ3v) is 3.12. The molecule has 1 aliphatic carbocycles. The lowest BCUT2D eigenvalue weighted by Crippen LogP contribution is -2.43. The van der Waals surface area contributed by atoms with Crippen LogP contribution in [-0.2, 0) is 4.74 Å². The molecule has 0 aliphatic heterocycles. The molecule has 0 radical (unpaired) electrons. The van der Waals surface area contributed by atoms with Gasteiger partial charge in [0, 0.05) is 19.7 Å². The highest BCUT2D eigenvalue weighted by Gasteiger charge is 2.36. The van der Waals surface area contributed by atoms with E-state index in [9.17, 15) is 0 Å². The number of hydrogen-bond donors (Lipinski definition) is 2. The molecule has 0 aromatic heterocycles. The summed E-state index contributed by atoms with van der Waals surface area (Å²) in [5, 5.41) is 3.39. The summed E-state index contributed by atoms with van der Waals surface area (Å²) in [4.78, 5) is 0. The maximum absolute atomic E-state index is 5.52. The van der Waals surface area contributed by atoms with Crippen molar-refractivity contribution >= 4 is 0 Å². The Balaban J connectivity index is 2.10. The van der Waals surface area contributed by atoms with Gasteiger partial charge in [0.05, 0.1) is 5.60 Å². The molecule has 1 atom stereocenters. The lowest BCUT2D eigenvalue weighted by molar-refractivity contribution is -0.0770. The van der Waals surface area contributed by atoms with Crippen LogP contribution in [0.1, 0.15) is 32.6 Å². The molecule has 0 aromatic carbocycles. The first-order chi connectivity index (χ1) is 6.22. The Morgan fingerprint density at radius 2 is 2.23 bits per heavy atom. The quantitative estimate of drug-likeness (QED) is 0.647. The molecule has 3 nitrogen and oxygen atoms in total. The minimum Gasteiger partial charge on any atom is -0.378 e. The number of hydrogen-bond acceptors (Lipinski definition) is 3. The molecule has 0 amide bonds. The molecule has 3 heteroatoms. The summed E-state index contributed by atoms with van der Waals surface area (Å²) in [6, 6.07) is 0.425. The number of rotatable bonds is 6. The van der Waals surface area contributed by atoms with E-state index >= 15 is 0 Å². The molecule has 0 spiro atoms. The van der Waals surface area contributed by atoms with Crippen LogP contribution in [0, 0.1) is 0 Å². The molecular formula is C10H22N2O. The predicted octanol–water partition coefficient (Wildman–Crippen LogP) is 0.882. The summed E-state index contributed by atoms with van der Waals surface area (Å²) >= 11 is 0. The standard InChI is InChI=1S/C10H22N2O/c1-9(8-11)12-7-6-10(13-2)4-3-5-10/h9,12H,3-8,11H2,1-2H3/t9-/m0/s1. The van der Waals surface area contributed by atoms with E-state index < -0.39 is 0 Å². The summed E-state index contributed by atoms with van der Waals surface area (Å²) in [6.07, 6.45) is 4.89. The lowest BCUT2D eigenvalue weighted by Gasteiger charge is -2.40. The Morgan fingerprint density at radius 1 is 1.54 bits per heavy atom. The van der Waals surface area contributed by atoms with Gasteiger partial charge in [0.2, 0.25) is 0 Å². The third kappa shape index (κ3) is 2.93. The Bertz CT molecular complexity index is 140. The van der Waals surface area contributed by atoms with Crippen LogP contribution in [0.2, 0.25) is 0 Å². The van der Waals surface area contributed by atoms with Crippen LogP contribution in [0.15, 0.2) is 0 Å². The topological polar surface area (TPSA) is 47.3 Å². The van der Waals surface area contributed by atoms with Crippen molar-refractivity contribution in [2.75, 3.05) is 20.2 Å². The van der Waals surface area contributed by atoms with Gasteiger partial charge in [0.1, 0.15) is 0 Å². The average molecular weight is 186 g/mol. The number of ether oxygens (including phenoxy) is 1. The lowest BCUT2D eigenvalue weighted by atomic mass is 9.77. The van der Waals surface area contributed by atoms with Crippen molar-refractivity contribution in [3.63, 3.8) is 0 Å². The van der Waals surface area contributed by atoms with Gasteiger partial charge in [-0.2, -0.15) is 0 Å². The second-order valence-electron chi connectivity index (χ2n) is 4.08. The largest absolute Gasteiger partial charge is 0.378 e. The Morgan fingerprint density at radius 3 is 2.62 bits per heavy atom. The van der Waals surface area contributed by atoms with Crippen molar-refractivity contribution in [3.05, 3.63) is 0 Å². The van der Waals surface area contributed by atoms with E-state index in [0.717, 1.165) is 13.0 Å². The minimum atomic E-state index is 0.196. The van der Waals surface area contributed by atoms with Gasteiger partial charge in [0.15, 0.2) is 0 Å². The Hall–Kier alpha value is -0.120. The first-order valence-corrected chi connectivity index (χ1v) is 5.21. The van der Waals surface area contributed by atoms with Crippen LogP contribution in [0.3, 0.4) is 0 Å². The zero-order valence-electron chi connectivity index (χ0n) is 8.81. The van der Waals surface area contributed by atoms with Gasteiger partial charge in [-0.1, -0.05) is 0 Å². The maximum Gasteiger partial charge on any atom is 0.0690 e. The van der Waals surface area contributed by atoms with Crippen LogP contribution in [-0.4, -0.2) is 31.8 Å². The van der Waals surface area contributed by atoms with Crippen molar-refractivity contribution in [1.82, 2.24) is 5.32 Å². The molecule has 0 unspecified atom stereocenters. The van der Waals surface area contributed by atoms with Crippen LogP contribution >= 0.6 is 0 Å². The van der Waals surface area contributed by atoms with Crippen LogP contribution < -0.4 is 11.1 Å². The van der Waals surface area contributed by atoms with Gasteiger partial charge in [-0.15, -0.1) is 0 Å². The van der Waals surface area contributed by atoms with Crippen molar-refractivity contribution in [3.8, 4) is 0 Å². The fourth-order valence-electron chi connectivity index (χ4n) is 1.76. The van der Waals surface area contributed by atoms with E-state index in [1.54, 1.807) is 0 Å². The molecule has 13 heavy (non-hydrogen) atoms. The highest BCUT2D eigenvalue weighted by atomic mass is 16.5. The Kier molecular flexibility index (Phi) is 4.16. The van der Waals surface area contributed by atoms with E-state index in [-0.39, 0.29) is 5.60 Å². The average Bonchev–Trinajstić information content (AvgIpc) is 2.09. The SMILES string of the molecule is COC1(CCN[C@@H](C)CN)CCC1. The van der Waals surface area contributed by atoms with Gasteiger partial charge in [-0.05, 0) is 39.2 Å². The molecule has 0 heterocycles. The summed E-state index contributed by atoms with van der Waals surface area (Å²) in [5.41, 5.74) is 5.70. The zero-order chi connectivity index (χ0) is 9.73. The monoisotopic (exact) mass is 186 g/mol. The second kappa shape index (κ2) is 4.94. The molecule has 1 fully saturated rings. The smallest absolute Gasteiger partial charge is 0.0690 e. The normalized spacial score (nSPS) is 22.4. The Labute approximate surface area is 81.0 Å². The molecule has 0 aromatic rings. The van der Waals surface area contributed by atoms with Crippen LogP contribution in [0.4, 0.5) is 0 Å². The summed E-state index contributed by atoms with van der Waals surface area (Å²) < 4.78 is 5.52. The molecule has 1 aliphatic rings. The molecule has 0 bridgehead atoms. The van der Waals surface area contributed by atoms with E-state index in [2.05, 4.69) is 12.2 Å². The number of nitrogens with one attached hydrogen (secondary N) is 1. The van der Waals surface area contributed by atoms with Gasteiger partial charge in [-0.25, -0.2) is 0 Å². The fourth-order valence-corrected chi connectivity index (χ4v) is 1.76.